The molecule has 31 heavy (non-hydrogen) atoms. The van der Waals surface area contributed by atoms with Crippen LogP contribution in [-0.4, -0.2) is 72.2 Å². The molecule has 10 nitrogen and oxygen atoms in total. The fourth-order valence-electron chi connectivity index (χ4n) is 4.88. The molecule has 3 fully saturated rings. The van der Waals surface area contributed by atoms with Crippen LogP contribution in [-0.2, 0) is 14.4 Å². The van der Waals surface area contributed by atoms with Crippen LogP contribution in [0.2, 0.25) is 0 Å². The average molecular weight is 425 g/mol. The molecule has 0 saturated carbocycles. The summed E-state index contributed by atoms with van der Waals surface area (Å²) < 4.78 is 0. The molecular weight excluding hydrogens is 402 g/mol. The molecule has 1 aromatic rings. The molecule has 0 bridgehead atoms. The van der Waals surface area contributed by atoms with Crippen molar-refractivity contribution in [1.29, 1.82) is 0 Å². The topological polar surface area (TPSA) is 128 Å². The van der Waals surface area contributed by atoms with Crippen LogP contribution in [0.15, 0.2) is 18.2 Å². The Bertz CT molecular complexity index is 1010. The lowest BCUT2D eigenvalue weighted by molar-refractivity contribution is -0.136. The van der Waals surface area contributed by atoms with Crippen molar-refractivity contribution in [3.8, 4) is 0 Å². The number of carbonyl (C=O) groups is 5. The van der Waals surface area contributed by atoms with E-state index in [0.29, 0.717) is 19.5 Å². The van der Waals surface area contributed by atoms with Gasteiger partial charge in [-0.05, 0) is 31.0 Å². The Kier molecular flexibility index (Phi) is 4.73. The van der Waals surface area contributed by atoms with Crippen LogP contribution < -0.4 is 20.9 Å². The van der Waals surface area contributed by atoms with E-state index in [9.17, 15) is 24.0 Å². The minimum atomic E-state index is -0.975. The predicted octanol–water partition coefficient (Wildman–Crippen LogP) is -0.855. The molecule has 5 amide bonds. The maximum Gasteiger partial charge on any atom is 0.262 e. The predicted molar refractivity (Wildman–Crippen MR) is 108 cm³/mol. The van der Waals surface area contributed by atoms with Gasteiger partial charge in [-0.25, -0.2) is 0 Å². The first-order valence-corrected chi connectivity index (χ1v) is 10.6. The van der Waals surface area contributed by atoms with Crippen molar-refractivity contribution in [3.63, 3.8) is 0 Å². The van der Waals surface area contributed by atoms with Crippen molar-refractivity contribution in [2.75, 3.05) is 24.5 Å². The Balaban J connectivity index is 1.37. The van der Waals surface area contributed by atoms with E-state index in [4.69, 9.17) is 0 Å². The summed E-state index contributed by atoms with van der Waals surface area (Å²) in [7, 11) is 0. The number of amides is 5. The second-order valence-electron chi connectivity index (χ2n) is 8.40. The van der Waals surface area contributed by atoms with Crippen LogP contribution in [0.1, 0.15) is 46.4 Å². The second kappa shape index (κ2) is 7.45. The minimum Gasteiger partial charge on any atom is -0.369 e. The summed E-state index contributed by atoms with van der Waals surface area (Å²) in [6.45, 7) is 2.02. The fourth-order valence-corrected chi connectivity index (χ4v) is 4.88. The summed E-state index contributed by atoms with van der Waals surface area (Å²) in [6, 6.07) is 4.30. The highest BCUT2D eigenvalue weighted by Gasteiger charge is 2.45. The monoisotopic (exact) mass is 425 g/mol. The van der Waals surface area contributed by atoms with Crippen molar-refractivity contribution < 1.29 is 24.0 Å². The summed E-state index contributed by atoms with van der Waals surface area (Å²) in [5, 5.41) is 8.68. The maximum absolute atomic E-state index is 13.0. The molecule has 4 aliphatic rings. The third-order valence-corrected chi connectivity index (χ3v) is 6.51. The van der Waals surface area contributed by atoms with Gasteiger partial charge in [0.25, 0.3) is 11.8 Å². The second-order valence-corrected chi connectivity index (χ2v) is 8.40. The zero-order valence-corrected chi connectivity index (χ0v) is 16.8. The lowest BCUT2D eigenvalue weighted by Crippen LogP contribution is -2.57. The molecule has 3 saturated heterocycles. The standard InChI is InChI=1S/C21H23N5O5/c27-17-4-3-16(19(29)24-17)26-20(30)12-2-1-11(9-13(12)21(26)31)25-8-6-14-15(10-25)23-18(28)5-7-22-14/h1-2,9,14-16,22H,3-8,10H2,(H,23,28)(H,24,27,29)/t14-,15+,16?/m0/s1. The first-order chi connectivity index (χ1) is 14.9. The molecule has 162 valence electrons. The molecule has 0 aliphatic carbocycles. The third kappa shape index (κ3) is 3.36. The minimum absolute atomic E-state index is 0.0245. The maximum atomic E-state index is 13.0. The molecule has 1 unspecified atom stereocenters. The lowest BCUT2D eigenvalue weighted by Gasteiger charge is -2.39. The Hall–Kier alpha value is -3.27. The van der Waals surface area contributed by atoms with Crippen molar-refractivity contribution in [2.24, 2.45) is 0 Å². The number of rotatable bonds is 2. The van der Waals surface area contributed by atoms with E-state index in [1.807, 2.05) is 0 Å². The first kappa shape index (κ1) is 19.7. The number of fused-ring (bicyclic) bond motifs is 2. The average Bonchev–Trinajstić information content (AvgIpc) is 2.88. The number of benzene rings is 1. The largest absolute Gasteiger partial charge is 0.369 e. The molecule has 5 rings (SSSR count). The molecule has 4 aliphatic heterocycles. The Morgan fingerprint density at radius 2 is 1.68 bits per heavy atom. The third-order valence-electron chi connectivity index (χ3n) is 6.51. The van der Waals surface area contributed by atoms with Crippen molar-refractivity contribution in [2.45, 2.75) is 43.8 Å². The molecule has 1 aromatic carbocycles. The van der Waals surface area contributed by atoms with E-state index in [2.05, 4.69) is 20.9 Å². The Morgan fingerprint density at radius 1 is 0.871 bits per heavy atom. The van der Waals surface area contributed by atoms with Gasteiger partial charge in [0, 0.05) is 44.2 Å². The molecular formula is C21H23N5O5. The number of carbonyl (C=O) groups excluding carboxylic acids is 5. The number of hydrogen-bond acceptors (Lipinski definition) is 7. The van der Waals surface area contributed by atoms with Crippen LogP contribution in [0.3, 0.4) is 0 Å². The fraction of sp³-hybridized carbons (Fsp3) is 0.476. The molecule has 0 aromatic heterocycles. The molecule has 10 heteroatoms. The number of nitrogens with zero attached hydrogens (tertiary/aromatic N) is 2. The summed E-state index contributed by atoms with van der Waals surface area (Å²) in [4.78, 5) is 64.5. The normalized spacial score (nSPS) is 28.6. The van der Waals surface area contributed by atoms with Crippen molar-refractivity contribution in [1.82, 2.24) is 20.9 Å². The lowest BCUT2D eigenvalue weighted by atomic mass is 9.98. The number of anilines is 1. The summed E-state index contributed by atoms with van der Waals surface area (Å²) in [6.07, 6.45) is 1.52. The zero-order valence-electron chi connectivity index (χ0n) is 16.8. The van der Waals surface area contributed by atoms with Gasteiger partial charge in [0.05, 0.1) is 17.2 Å². The van der Waals surface area contributed by atoms with Crippen LogP contribution in [0, 0.1) is 0 Å². The highest BCUT2D eigenvalue weighted by molar-refractivity contribution is 6.23. The zero-order chi connectivity index (χ0) is 21.7. The quantitative estimate of drug-likeness (QED) is 0.527. The van der Waals surface area contributed by atoms with Gasteiger partial charge in [0.1, 0.15) is 6.04 Å². The van der Waals surface area contributed by atoms with Gasteiger partial charge in [0.15, 0.2) is 0 Å². The van der Waals surface area contributed by atoms with Gasteiger partial charge < -0.3 is 15.5 Å². The number of piperidine rings is 2. The van der Waals surface area contributed by atoms with E-state index in [1.54, 1.807) is 18.2 Å². The van der Waals surface area contributed by atoms with Gasteiger partial charge >= 0.3 is 0 Å². The summed E-state index contributed by atoms with van der Waals surface area (Å²) >= 11 is 0. The summed E-state index contributed by atoms with van der Waals surface area (Å²) in [5.74, 6) is -2.03. The Morgan fingerprint density at radius 3 is 2.48 bits per heavy atom. The Labute approximate surface area is 178 Å². The first-order valence-electron chi connectivity index (χ1n) is 10.6. The van der Waals surface area contributed by atoms with Gasteiger partial charge in [0.2, 0.25) is 17.7 Å². The number of hydrogen-bond donors (Lipinski definition) is 3. The van der Waals surface area contributed by atoms with E-state index >= 15 is 0 Å². The van der Waals surface area contributed by atoms with E-state index in [1.165, 1.54) is 0 Å². The summed E-state index contributed by atoms with van der Waals surface area (Å²) in [5.41, 5.74) is 1.32. The number of imide groups is 2. The molecule has 4 heterocycles. The van der Waals surface area contributed by atoms with Gasteiger partial charge in [-0.1, -0.05) is 0 Å². The van der Waals surface area contributed by atoms with Crippen LogP contribution in [0.4, 0.5) is 5.69 Å². The highest BCUT2D eigenvalue weighted by atomic mass is 16.2. The van der Waals surface area contributed by atoms with Crippen LogP contribution in [0.25, 0.3) is 0 Å². The van der Waals surface area contributed by atoms with Crippen molar-refractivity contribution >= 4 is 35.2 Å². The molecule has 0 radical (unpaired) electrons. The van der Waals surface area contributed by atoms with E-state index in [0.717, 1.165) is 23.6 Å². The van der Waals surface area contributed by atoms with E-state index in [-0.39, 0.29) is 42.0 Å². The number of nitrogens with one attached hydrogen (secondary N) is 3. The van der Waals surface area contributed by atoms with Crippen LogP contribution >= 0.6 is 0 Å². The van der Waals surface area contributed by atoms with Gasteiger partial charge in [-0.2, -0.15) is 0 Å². The molecule has 3 N–H and O–H groups in total. The van der Waals surface area contributed by atoms with E-state index < -0.39 is 29.7 Å². The van der Waals surface area contributed by atoms with Crippen LogP contribution in [0.5, 0.6) is 0 Å². The SMILES string of the molecule is O=C1CCC(N2C(=O)c3ccc(N4CC[C@@H]5NCCC(=O)N[C@@H]5C4)cc3C2=O)C(=O)N1. The van der Waals surface area contributed by atoms with Crippen molar-refractivity contribution in [3.05, 3.63) is 29.3 Å². The molecule has 3 atom stereocenters. The molecule has 0 spiro atoms. The smallest absolute Gasteiger partial charge is 0.262 e. The van der Waals surface area contributed by atoms with Gasteiger partial charge in [-0.15, -0.1) is 0 Å². The highest BCUT2D eigenvalue weighted by Crippen LogP contribution is 2.31. The van der Waals surface area contributed by atoms with Gasteiger partial charge in [-0.3, -0.25) is 34.2 Å².